The molecular formula is C16H28N2O. The van der Waals surface area contributed by atoms with Crippen molar-refractivity contribution in [1.82, 2.24) is 5.32 Å². The molecule has 1 unspecified atom stereocenters. The molecule has 4 aliphatic carbocycles. The van der Waals surface area contributed by atoms with E-state index in [1.165, 1.54) is 38.5 Å². The summed E-state index contributed by atoms with van der Waals surface area (Å²) in [6.07, 6.45) is 9.62. The zero-order valence-corrected chi connectivity index (χ0v) is 12.2. The molecule has 4 aliphatic rings. The molecule has 0 radical (unpaired) electrons. The third kappa shape index (κ3) is 2.67. The summed E-state index contributed by atoms with van der Waals surface area (Å²) < 4.78 is 0. The van der Waals surface area contributed by atoms with Crippen LogP contribution in [0.15, 0.2) is 0 Å². The molecule has 0 heterocycles. The highest BCUT2D eigenvalue weighted by Gasteiger charge is 2.51. The maximum absolute atomic E-state index is 12.3. The van der Waals surface area contributed by atoms with Crippen LogP contribution in [0, 0.1) is 23.7 Å². The lowest BCUT2D eigenvalue weighted by Crippen LogP contribution is -2.60. The van der Waals surface area contributed by atoms with Crippen molar-refractivity contribution >= 4 is 5.91 Å². The van der Waals surface area contributed by atoms with Gasteiger partial charge in [-0.1, -0.05) is 13.3 Å². The molecule has 0 saturated heterocycles. The first-order valence-corrected chi connectivity index (χ1v) is 8.13. The first kappa shape index (κ1) is 13.4. The predicted molar refractivity (Wildman–Crippen MR) is 76.5 cm³/mol. The van der Waals surface area contributed by atoms with Crippen LogP contribution in [0.2, 0.25) is 0 Å². The first-order valence-electron chi connectivity index (χ1n) is 8.13. The molecule has 4 saturated carbocycles. The molecule has 1 atom stereocenters. The fourth-order valence-corrected chi connectivity index (χ4v) is 5.27. The summed E-state index contributed by atoms with van der Waals surface area (Å²) in [6, 6.07) is 0. The second kappa shape index (κ2) is 5.08. The minimum absolute atomic E-state index is 0.165. The Bertz CT molecular complexity index is 313. The second-order valence-electron chi connectivity index (χ2n) is 7.46. The van der Waals surface area contributed by atoms with E-state index in [0.717, 1.165) is 24.2 Å². The van der Waals surface area contributed by atoms with Crippen LogP contribution >= 0.6 is 0 Å². The van der Waals surface area contributed by atoms with Crippen molar-refractivity contribution in [3.63, 3.8) is 0 Å². The van der Waals surface area contributed by atoms with Gasteiger partial charge in [0.2, 0.25) is 5.91 Å². The van der Waals surface area contributed by atoms with Gasteiger partial charge in [0.05, 0.1) is 0 Å². The molecule has 0 aromatic rings. The summed E-state index contributed by atoms with van der Waals surface area (Å²) in [6.45, 7) is 2.75. The van der Waals surface area contributed by atoms with Gasteiger partial charge in [0.25, 0.3) is 0 Å². The lowest BCUT2D eigenvalue weighted by atomic mass is 9.53. The largest absolute Gasteiger partial charge is 0.351 e. The summed E-state index contributed by atoms with van der Waals surface area (Å²) in [7, 11) is 0. The Morgan fingerprint density at radius 1 is 1.21 bits per heavy atom. The van der Waals surface area contributed by atoms with Gasteiger partial charge in [-0.05, 0) is 68.7 Å². The highest BCUT2D eigenvalue weighted by atomic mass is 16.1. The van der Waals surface area contributed by atoms with Crippen LogP contribution in [0.3, 0.4) is 0 Å². The maximum Gasteiger partial charge on any atom is 0.220 e. The summed E-state index contributed by atoms with van der Waals surface area (Å²) >= 11 is 0. The first-order chi connectivity index (χ1) is 9.12. The van der Waals surface area contributed by atoms with Gasteiger partial charge in [0.15, 0.2) is 0 Å². The summed E-state index contributed by atoms with van der Waals surface area (Å²) in [5.74, 6) is 3.28. The van der Waals surface area contributed by atoms with Gasteiger partial charge in [-0.25, -0.2) is 0 Å². The monoisotopic (exact) mass is 264 g/mol. The summed E-state index contributed by atoms with van der Waals surface area (Å²) in [4.78, 5) is 12.3. The van der Waals surface area contributed by atoms with Crippen molar-refractivity contribution in [3.8, 4) is 0 Å². The van der Waals surface area contributed by atoms with Crippen LogP contribution in [-0.4, -0.2) is 18.0 Å². The third-order valence-electron chi connectivity index (χ3n) is 5.83. The molecule has 1 amide bonds. The quantitative estimate of drug-likeness (QED) is 0.801. The number of amides is 1. The molecule has 4 bridgehead atoms. The molecule has 4 fully saturated rings. The van der Waals surface area contributed by atoms with Gasteiger partial charge in [-0.3, -0.25) is 4.79 Å². The Kier molecular flexibility index (Phi) is 3.59. The van der Waals surface area contributed by atoms with E-state index < -0.39 is 0 Å². The Morgan fingerprint density at radius 3 is 2.16 bits per heavy atom. The normalized spacial score (nSPS) is 41.3. The van der Waals surface area contributed by atoms with Gasteiger partial charge < -0.3 is 11.1 Å². The van der Waals surface area contributed by atoms with E-state index in [0.29, 0.717) is 18.9 Å². The highest BCUT2D eigenvalue weighted by Crippen LogP contribution is 2.55. The lowest BCUT2D eigenvalue weighted by molar-refractivity contribution is -0.127. The summed E-state index contributed by atoms with van der Waals surface area (Å²) in [5, 5.41) is 3.43. The van der Waals surface area contributed by atoms with E-state index in [1.807, 2.05) is 0 Å². The molecule has 3 N–H and O–H groups in total. The van der Waals surface area contributed by atoms with Crippen LogP contribution in [0.5, 0.6) is 0 Å². The second-order valence-corrected chi connectivity index (χ2v) is 7.46. The van der Waals surface area contributed by atoms with Gasteiger partial charge in [-0.2, -0.15) is 0 Å². The molecule has 0 spiro atoms. The fourth-order valence-electron chi connectivity index (χ4n) is 5.27. The van der Waals surface area contributed by atoms with Gasteiger partial charge in [0, 0.05) is 12.0 Å². The van der Waals surface area contributed by atoms with Gasteiger partial charge >= 0.3 is 0 Å². The van der Waals surface area contributed by atoms with E-state index in [-0.39, 0.29) is 11.4 Å². The van der Waals surface area contributed by atoms with E-state index in [1.54, 1.807) is 0 Å². The predicted octanol–water partition coefficient (Wildman–Crippen LogP) is 2.45. The van der Waals surface area contributed by atoms with Crippen molar-refractivity contribution in [2.75, 3.05) is 6.54 Å². The minimum Gasteiger partial charge on any atom is -0.351 e. The average molecular weight is 264 g/mol. The van der Waals surface area contributed by atoms with Crippen molar-refractivity contribution in [2.45, 2.75) is 63.8 Å². The zero-order chi connectivity index (χ0) is 13.5. The average Bonchev–Trinajstić information content (AvgIpc) is 2.33. The molecule has 0 aromatic heterocycles. The van der Waals surface area contributed by atoms with E-state index in [2.05, 4.69) is 12.2 Å². The summed E-state index contributed by atoms with van der Waals surface area (Å²) in [5.41, 5.74) is 5.88. The highest BCUT2D eigenvalue weighted by molar-refractivity contribution is 5.77. The van der Waals surface area contributed by atoms with Crippen LogP contribution in [0.4, 0.5) is 0 Å². The molecule has 19 heavy (non-hydrogen) atoms. The molecule has 4 rings (SSSR count). The molecule has 108 valence electrons. The van der Waals surface area contributed by atoms with Crippen molar-refractivity contribution in [2.24, 2.45) is 29.4 Å². The Morgan fingerprint density at radius 2 is 1.74 bits per heavy atom. The van der Waals surface area contributed by atoms with E-state index in [4.69, 9.17) is 5.73 Å². The Balaban J connectivity index is 1.61. The Hall–Kier alpha value is -0.570. The smallest absolute Gasteiger partial charge is 0.220 e. The van der Waals surface area contributed by atoms with Crippen LogP contribution in [0.25, 0.3) is 0 Å². The molecule has 0 aliphatic heterocycles. The standard InChI is InChI=1S/C16H28N2O/c1-2-11(10-17)6-15(19)18-16-7-12-3-13(8-16)5-14(4-12)9-16/h11-14H,2-10,17H2,1H3,(H,18,19). The van der Waals surface area contributed by atoms with E-state index in [9.17, 15) is 4.79 Å². The van der Waals surface area contributed by atoms with Gasteiger partial charge in [-0.15, -0.1) is 0 Å². The lowest BCUT2D eigenvalue weighted by Gasteiger charge is -2.57. The number of hydrogen-bond donors (Lipinski definition) is 2. The van der Waals surface area contributed by atoms with Crippen LogP contribution in [-0.2, 0) is 4.79 Å². The number of nitrogens with one attached hydrogen (secondary N) is 1. The number of carbonyl (C=O) groups excluding carboxylic acids is 1. The van der Waals surface area contributed by atoms with Gasteiger partial charge in [0.1, 0.15) is 0 Å². The topological polar surface area (TPSA) is 55.1 Å². The molecule has 3 heteroatoms. The zero-order valence-electron chi connectivity index (χ0n) is 12.2. The SMILES string of the molecule is CCC(CN)CC(=O)NC12CC3CC(CC(C3)C1)C2. The number of hydrogen-bond acceptors (Lipinski definition) is 2. The number of nitrogens with two attached hydrogens (primary N) is 1. The maximum atomic E-state index is 12.3. The van der Waals surface area contributed by atoms with Crippen LogP contribution < -0.4 is 11.1 Å². The minimum atomic E-state index is 0.165. The van der Waals surface area contributed by atoms with Crippen LogP contribution in [0.1, 0.15) is 58.3 Å². The number of rotatable bonds is 5. The van der Waals surface area contributed by atoms with Crippen molar-refractivity contribution in [1.29, 1.82) is 0 Å². The number of carbonyl (C=O) groups is 1. The van der Waals surface area contributed by atoms with Crippen molar-refractivity contribution in [3.05, 3.63) is 0 Å². The molecular weight excluding hydrogens is 236 g/mol. The third-order valence-corrected chi connectivity index (χ3v) is 5.83. The Labute approximate surface area is 116 Å². The molecule has 3 nitrogen and oxygen atoms in total. The fraction of sp³-hybridized carbons (Fsp3) is 0.938. The van der Waals surface area contributed by atoms with E-state index >= 15 is 0 Å². The van der Waals surface area contributed by atoms with Crippen molar-refractivity contribution < 1.29 is 4.79 Å². The molecule has 0 aromatic carbocycles.